The van der Waals surface area contributed by atoms with Crippen LogP contribution in [0.4, 0.5) is 0 Å². The lowest BCUT2D eigenvalue weighted by Gasteiger charge is -2.35. The Labute approximate surface area is 154 Å². The molecule has 0 bridgehead atoms. The lowest BCUT2D eigenvalue weighted by atomic mass is 9.71. The Bertz CT molecular complexity index is 667. The van der Waals surface area contributed by atoms with E-state index in [1.54, 1.807) is 6.33 Å². The number of carbonyl (C=O) groups is 1. The molecule has 25 heavy (non-hydrogen) atoms. The van der Waals surface area contributed by atoms with E-state index >= 15 is 0 Å². The van der Waals surface area contributed by atoms with E-state index in [4.69, 9.17) is 5.73 Å². The molecule has 2 aromatic rings. The molecule has 136 valence electrons. The first-order valence-electron chi connectivity index (χ1n) is 8.64. The smallest absolute Gasteiger partial charge is 0.220 e. The fraction of sp³-hybridized carbons (Fsp3) is 0.500. The third-order valence-electron chi connectivity index (χ3n) is 4.98. The second kappa shape index (κ2) is 8.97. The van der Waals surface area contributed by atoms with Gasteiger partial charge in [0, 0.05) is 12.1 Å². The molecule has 3 N–H and O–H groups in total. The third kappa shape index (κ3) is 4.80. The molecule has 0 unspecified atom stereocenters. The zero-order chi connectivity index (χ0) is 16.8. The zero-order valence-corrected chi connectivity index (χ0v) is 15.2. The Morgan fingerprint density at radius 1 is 1.20 bits per heavy atom. The third-order valence-corrected chi connectivity index (χ3v) is 4.98. The molecule has 0 spiro atoms. The van der Waals surface area contributed by atoms with Gasteiger partial charge in [0.25, 0.3) is 0 Å². The topological polar surface area (TPSA) is 85.8 Å². The normalized spacial score (nSPS) is 16.0. The van der Waals surface area contributed by atoms with Crippen LogP contribution in [0.15, 0.2) is 36.7 Å². The first-order chi connectivity index (χ1) is 11.7. The van der Waals surface area contributed by atoms with Crippen molar-refractivity contribution in [1.29, 1.82) is 0 Å². The maximum absolute atomic E-state index is 12.4. The average Bonchev–Trinajstić information content (AvgIpc) is 3.10. The number of nitrogens with two attached hydrogens (primary N) is 1. The van der Waals surface area contributed by atoms with Crippen molar-refractivity contribution < 1.29 is 4.79 Å². The minimum Gasteiger partial charge on any atom is -0.349 e. The van der Waals surface area contributed by atoms with Crippen molar-refractivity contribution in [1.82, 2.24) is 20.1 Å². The van der Waals surface area contributed by atoms with Crippen molar-refractivity contribution in [2.45, 2.75) is 45.1 Å². The first-order valence-corrected chi connectivity index (χ1v) is 8.64. The molecule has 0 aliphatic heterocycles. The van der Waals surface area contributed by atoms with Crippen molar-refractivity contribution >= 4 is 18.3 Å². The number of amides is 1. The molecule has 7 heteroatoms. The van der Waals surface area contributed by atoms with Crippen LogP contribution < -0.4 is 11.1 Å². The summed E-state index contributed by atoms with van der Waals surface area (Å²) in [6, 6.07) is 9.86. The van der Waals surface area contributed by atoms with Gasteiger partial charge in [0.05, 0.1) is 6.54 Å². The molecule has 1 fully saturated rings. The van der Waals surface area contributed by atoms with Gasteiger partial charge in [-0.05, 0) is 36.9 Å². The van der Waals surface area contributed by atoms with Crippen LogP contribution in [0.1, 0.15) is 44.3 Å². The van der Waals surface area contributed by atoms with Gasteiger partial charge < -0.3 is 11.1 Å². The summed E-state index contributed by atoms with van der Waals surface area (Å²) < 4.78 is 1.89. The maximum atomic E-state index is 12.4. The predicted molar refractivity (Wildman–Crippen MR) is 99.6 cm³/mol. The number of aromatic nitrogens is 3. The average molecular weight is 364 g/mol. The summed E-state index contributed by atoms with van der Waals surface area (Å²) in [6.45, 7) is 0.953. The van der Waals surface area contributed by atoms with Gasteiger partial charge in [-0.3, -0.25) is 9.36 Å². The number of rotatable bonds is 6. The Hall–Kier alpha value is -1.92. The second-order valence-electron chi connectivity index (χ2n) is 6.67. The minimum absolute atomic E-state index is 0. The highest BCUT2D eigenvalue weighted by molar-refractivity contribution is 5.85. The van der Waals surface area contributed by atoms with Crippen LogP contribution in [-0.2, 0) is 11.3 Å². The van der Waals surface area contributed by atoms with E-state index in [9.17, 15) is 4.79 Å². The Kier molecular flexibility index (Phi) is 6.96. The van der Waals surface area contributed by atoms with Crippen molar-refractivity contribution in [3.63, 3.8) is 0 Å². The summed E-state index contributed by atoms with van der Waals surface area (Å²) in [5, 5.41) is 11.1. The van der Waals surface area contributed by atoms with Crippen LogP contribution in [0, 0.1) is 5.41 Å². The highest BCUT2D eigenvalue weighted by Crippen LogP contribution is 2.38. The van der Waals surface area contributed by atoms with Crippen LogP contribution in [0.25, 0.3) is 5.69 Å². The fourth-order valence-electron chi connectivity index (χ4n) is 3.52. The van der Waals surface area contributed by atoms with Crippen molar-refractivity contribution in [3.8, 4) is 5.69 Å². The highest BCUT2D eigenvalue weighted by Gasteiger charge is 2.32. The molecule has 1 aromatic carbocycles. The van der Waals surface area contributed by atoms with E-state index in [-0.39, 0.29) is 23.7 Å². The van der Waals surface area contributed by atoms with Crippen molar-refractivity contribution in [3.05, 3.63) is 42.5 Å². The lowest BCUT2D eigenvalue weighted by Crippen LogP contribution is -2.38. The Balaban J connectivity index is 0.00000225. The quantitative estimate of drug-likeness (QED) is 0.826. The molecule has 0 saturated heterocycles. The van der Waals surface area contributed by atoms with Crippen molar-refractivity contribution in [2.24, 2.45) is 11.1 Å². The van der Waals surface area contributed by atoms with Crippen LogP contribution in [-0.4, -0.2) is 27.2 Å². The summed E-state index contributed by atoms with van der Waals surface area (Å²) >= 11 is 0. The monoisotopic (exact) mass is 363 g/mol. The van der Waals surface area contributed by atoms with E-state index in [0.29, 0.717) is 19.5 Å². The number of hydrogen-bond donors (Lipinski definition) is 2. The molecule has 3 rings (SSSR count). The van der Waals surface area contributed by atoms with E-state index in [2.05, 4.69) is 15.5 Å². The van der Waals surface area contributed by atoms with Crippen LogP contribution >= 0.6 is 12.4 Å². The number of halogens is 1. The summed E-state index contributed by atoms with van der Waals surface area (Å²) in [4.78, 5) is 12.4. The number of para-hydroxylation sites is 1. The molecular formula is C18H26ClN5O. The van der Waals surface area contributed by atoms with Gasteiger partial charge in [-0.2, -0.15) is 0 Å². The number of nitrogens with zero attached hydrogens (tertiary/aromatic N) is 3. The fourth-order valence-corrected chi connectivity index (χ4v) is 3.52. The van der Waals surface area contributed by atoms with Crippen LogP contribution in [0.2, 0.25) is 0 Å². The number of carbonyl (C=O) groups excluding carboxylic acids is 1. The SMILES string of the molecule is Cl.NCC1(CC(=O)NCc2nncn2-c2ccccc2)CCCCC1. The molecule has 1 amide bonds. The van der Waals surface area contributed by atoms with Crippen LogP contribution in [0.3, 0.4) is 0 Å². The summed E-state index contributed by atoms with van der Waals surface area (Å²) in [6.07, 6.45) is 7.87. The van der Waals surface area contributed by atoms with Gasteiger partial charge in [-0.1, -0.05) is 37.5 Å². The highest BCUT2D eigenvalue weighted by atomic mass is 35.5. The van der Waals surface area contributed by atoms with Gasteiger partial charge in [0.1, 0.15) is 6.33 Å². The molecule has 0 atom stereocenters. The number of benzene rings is 1. The van der Waals surface area contributed by atoms with Gasteiger partial charge in [-0.15, -0.1) is 22.6 Å². The molecule has 1 aromatic heterocycles. The zero-order valence-electron chi connectivity index (χ0n) is 14.4. The Morgan fingerprint density at radius 3 is 2.60 bits per heavy atom. The molecular weight excluding hydrogens is 338 g/mol. The van der Waals surface area contributed by atoms with Gasteiger partial charge >= 0.3 is 0 Å². The summed E-state index contributed by atoms with van der Waals surface area (Å²) in [5.41, 5.74) is 6.94. The van der Waals surface area contributed by atoms with Gasteiger partial charge in [0.2, 0.25) is 5.91 Å². The molecule has 1 heterocycles. The largest absolute Gasteiger partial charge is 0.349 e. The second-order valence-corrected chi connectivity index (χ2v) is 6.67. The molecule has 1 aliphatic carbocycles. The maximum Gasteiger partial charge on any atom is 0.220 e. The standard InChI is InChI=1S/C18H25N5O.ClH/c19-13-18(9-5-2-6-10-18)11-17(24)20-12-16-22-21-14-23(16)15-7-3-1-4-8-15;/h1,3-4,7-8,14H,2,5-6,9-13,19H2,(H,20,24);1H. The Morgan fingerprint density at radius 2 is 1.92 bits per heavy atom. The minimum atomic E-state index is -0.0184. The van der Waals surface area contributed by atoms with E-state index in [1.807, 2.05) is 34.9 Å². The van der Waals surface area contributed by atoms with E-state index in [1.165, 1.54) is 19.3 Å². The van der Waals surface area contributed by atoms with Gasteiger partial charge in [-0.25, -0.2) is 0 Å². The van der Waals surface area contributed by atoms with E-state index in [0.717, 1.165) is 24.4 Å². The van der Waals surface area contributed by atoms with Crippen LogP contribution in [0.5, 0.6) is 0 Å². The predicted octanol–water partition coefficient (Wildman–Crippen LogP) is 2.60. The van der Waals surface area contributed by atoms with Gasteiger partial charge in [0.15, 0.2) is 5.82 Å². The lowest BCUT2D eigenvalue weighted by molar-refractivity contribution is -0.124. The number of hydrogen-bond acceptors (Lipinski definition) is 4. The summed E-state index contributed by atoms with van der Waals surface area (Å²) in [5.74, 6) is 0.768. The molecule has 1 aliphatic rings. The first kappa shape index (κ1) is 19.4. The number of nitrogens with one attached hydrogen (secondary N) is 1. The summed E-state index contributed by atoms with van der Waals surface area (Å²) in [7, 11) is 0. The molecule has 6 nitrogen and oxygen atoms in total. The molecule has 1 saturated carbocycles. The van der Waals surface area contributed by atoms with Crippen molar-refractivity contribution in [2.75, 3.05) is 6.54 Å². The molecule has 0 radical (unpaired) electrons. The van der Waals surface area contributed by atoms with E-state index < -0.39 is 0 Å².